The van der Waals surface area contributed by atoms with E-state index < -0.39 is 0 Å². The number of nitrogens with one attached hydrogen (secondary N) is 2. The Hall–Kier alpha value is -1.63. The fourth-order valence-electron chi connectivity index (χ4n) is 2.81. The molecule has 1 unspecified atom stereocenters. The first-order valence-corrected chi connectivity index (χ1v) is 9.18. The molecule has 0 aromatic heterocycles. The number of nitrogens with zero attached hydrogens (tertiary/aromatic N) is 3. The van der Waals surface area contributed by atoms with E-state index in [0.717, 1.165) is 58.4 Å². The zero-order valence-corrected chi connectivity index (χ0v) is 15.9. The second-order valence-corrected chi connectivity index (χ2v) is 6.58. The summed E-state index contributed by atoms with van der Waals surface area (Å²) in [6, 6.07) is 11.0. The highest BCUT2D eigenvalue weighted by molar-refractivity contribution is 5.79. The lowest BCUT2D eigenvalue weighted by Crippen LogP contribution is -2.47. The molecule has 1 fully saturated rings. The van der Waals surface area contributed by atoms with E-state index in [2.05, 4.69) is 69.7 Å². The highest BCUT2D eigenvalue weighted by atomic mass is 16.5. The number of hydrogen-bond donors (Lipinski definition) is 2. The van der Waals surface area contributed by atoms with E-state index in [0.29, 0.717) is 6.04 Å². The van der Waals surface area contributed by atoms with Crippen LogP contribution in [0.5, 0.6) is 0 Å². The SMILES string of the molecule is CN=C(NCCN1CCOCC1)NCC(C)N(C)Cc1ccccc1. The number of ether oxygens (including phenoxy) is 1. The smallest absolute Gasteiger partial charge is 0.191 e. The third kappa shape index (κ3) is 7.42. The molecule has 1 atom stereocenters. The average Bonchev–Trinajstić information content (AvgIpc) is 2.65. The number of likely N-dealkylation sites (N-methyl/N-ethyl adjacent to an activating group) is 1. The number of rotatable bonds is 8. The Balaban J connectivity index is 1.65. The largest absolute Gasteiger partial charge is 0.379 e. The summed E-state index contributed by atoms with van der Waals surface area (Å²) in [5, 5.41) is 6.83. The Labute approximate surface area is 152 Å². The maximum atomic E-state index is 5.38. The van der Waals surface area contributed by atoms with Gasteiger partial charge in [0.15, 0.2) is 5.96 Å². The molecular formula is C19H33N5O. The van der Waals surface area contributed by atoms with Gasteiger partial charge < -0.3 is 15.4 Å². The van der Waals surface area contributed by atoms with E-state index in [1.54, 1.807) is 0 Å². The molecule has 6 heteroatoms. The van der Waals surface area contributed by atoms with E-state index in [1.165, 1.54) is 5.56 Å². The normalized spacial score (nSPS) is 17.5. The molecule has 1 aliphatic rings. The molecule has 1 saturated heterocycles. The first kappa shape index (κ1) is 19.7. The fourth-order valence-corrected chi connectivity index (χ4v) is 2.81. The van der Waals surface area contributed by atoms with Gasteiger partial charge in [-0.25, -0.2) is 0 Å². The molecule has 1 aliphatic heterocycles. The maximum absolute atomic E-state index is 5.38. The van der Waals surface area contributed by atoms with Crippen LogP contribution in [0.4, 0.5) is 0 Å². The van der Waals surface area contributed by atoms with Crippen LogP contribution in [-0.4, -0.2) is 81.8 Å². The van der Waals surface area contributed by atoms with Gasteiger partial charge in [-0.05, 0) is 19.5 Å². The number of morpholine rings is 1. The van der Waals surface area contributed by atoms with Gasteiger partial charge >= 0.3 is 0 Å². The van der Waals surface area contributed by atoms with E-state index in [1.807, 2.05) is 7.05 Å². The monoisotopic (exact) mass is 347 g/mol. The second-order valence-electron chi connectivity index (χ2n) is 6.58. The molecule has 1 aromatic rings. The minimum absolute atomic E-state index is 0.415. The van der Waals surface area contributed by atoms with Gasteiger partial charge in [0, 0.05) is 52.4 Å². The van der Waals surface area contributed by atoms with Crippen LogP contribution in [0.3, 0.4) is 0 Å². The zero-order valence-electron chi connectivity index (χ0n) is 15.9. The van der Waals surface area contributed by atoms with Crippen molar-refractivity contribution in [2.24, 2.45) is 4.99 Å². The highest BCUT2D eigenvalue weighted by Crippen LogP contribution is 2.05. The van der Waals surface area contributed by atoms with Crippen molar-refractivity contribution >= 4 is 5.96 Å². The van der Waals surface area contributed by atoms with Gasteiger partial charge in [0.25, 0.3) is 0 Å². The van der Waals surface area contributed by atoms with Crippen molar-refractivity contribution < 1.29 is 4.74 Å². The van der Waals surface area contributed by atoms with E-state index in [9.17, 15) is 0 Å². The van der Waals surface area contributed by atoms with Gasteiger partial charge in [-0.1, -0.05) is 30.3 Å². The van der Waals surface area contributed by atoms with Crippen molar-refractivity contribution in [1.82, 2.24) is 20.4 Å². The molecule has 1 heterocycles. The summed E-state index contributed by atoms with van der Waals surface area (Å²) >= 11 is 0. The van der Waals surface area contributed by atoms with Crippen LogP contribution < -0.4 is 10.6 Å². The minimum Gasteiger partial charge on any atom is -0.379 e. The van der Waals surface area contributed by atoms with Crippen molar-refractivity contribution in [3.05, 3.63) is 35.9 Å². The molecule has 0 radical (unpaired) electrons. The van der Waals surface area contributed by atoms with Gasteiger partial charge in [-0.2, -0.15) is 0 Å². The summed E-state index contributed by atoms with van der Waals surface area (Å²) in [5.41, 5.74) is 1.34. The lowest BCUT2D eigenvalue weighted by atomic mass is 10.2. The summed E-state index contributed by atoms with van der Waals surface area (Å²) in [7, 11) is 3.98. The number of hydrogen-bond acceptors (Lipinski definition) is 4. The van der Waals surface area contributed by atoms with Crippen LogP contribution in [-0.2, 0) is 11.3 Å². The average molecular weight is 348 g/mol. The van der Waals surface area contributed by atoms with Crippen LogP contribution in [0.15, 0.2) is 35.3 Å². The standard InChI is InChI=1S/C19H33N5O/c1-17(23(3)16-18-7-5-4-6-8-18)15-22-19(20-2)21-9-10-24-11-13-25-14-12-24/h4-8,17H,9-16H2,1-3H3,(H2,20,21,22). The van der Waals surface area contributed by atoms with Crippen LogP contribution in [0, 0.1) is 0 Å². The molecule has 0 aliphatic carbocycles. The van der Waals surface area contributed by atoms with Gasteiger partial charge in [0.2, 0.25) is 0 Å². The molecule has 0 amide bonds. The fraction of sp³-hybridized carbons (Fsp3) is 0.632. The molecule has 0 spiro atoms. The molecule has 6 nitrogen and oxygen atoms in total. The van der Waals surface area contributed by atoms with Crippen molar-refractivity contribution in [2.75, 3.05) is 60.0 Å². The predicted molar refractivity (Wildman–Crippen MR) is 104 cm³/mol. The van der Waals surface area contributed by atoms with Gasteiger partial charge in [0.1, 0.15) is 0 Å². The third-order valence-corrected chi connectivity index (χ3v) is 4.64. The van der Waals surface area contributed by atoms with Crippen molar-refractivity contribution in [3.8, 4) is 0 Å². The highest BCUT2D eigenvalue weighted by Gasteiger charge is 2.12. The van der Waals surface area contributed by atoms with Crippen LogP contribution in [0.1, 0.15) is 12.5 Å². The van der Waals surface area contributed by atoms with Crippen LogP contribution in [0.25, 0.3) is 0 Å². The topological polar surface area (TPSA) is 52.1 Å². The van der Waals surface area contributed by atoms with Gasteiger partial charge in [-0.15, -0.1) is 0 Å². The van der Waals surface area contributed by atoms with Gasteiger partial charge in [0.05, 0.1) is 13.2 Å². The number of benzene rings is 1. The quantitative estimate of drug-likeness (QED) is 0.543. The summed E-state index contributed by atoms with van der Waals surface area (Å²) < 4.78 is 5.38. The molecule has 25 heavy (non-hydrogen) atoms. The van der Waals surface area contributed by atoms with Crippen LogP contribution in [0.2, 0.25) is 0 Å². The van der Waals surface area contributed by atoms with Crippen molar-refractivity contribution in [3.63, 3.8) is 0 Å². The number of aliphatic imine (C=N–C) groups is 1. The third-order valence-electron chi connectivity index (χ3n) is 4.64. The summed E-state index contributed by atoms with van der Waals surface area (Å²) in [6.07, 6.45) is 0. The molecule has 1 aromatic carbocycles. The molecular weight excluding hydrogens is 314 g/mol. The Bertz CT molecular complexity index is 502. The molecule has 0 bridgehead atoms. The summed E-state index contributed by atoms with van der Waals surface area (Å²) in [6.45, 7) is 9.70. The number of guanidine groups is 1. The molecule has 140 valence electrons. The van der Waals surface area contributed by atoms with E-state index >= 15 is 0 Å². The Kier molecular flexibility index (Phi) is 8.72. The summed E-state index contributed by atoms with van der Waals surface area (Å²) in [5.74, 6) is 0.869. The Morgan fingerprint density at radius 1 is 1.24 bits per heavy atom. The Morgan fingerprint density at radius 2 is 1.96 bits per heavy atom. The molecule has 0 saturated carbocycles. The van der Waals surface area contributed by atoms with Gasteiger partial charge in [-0.3, -0.25) is 14.8 Å². The lowest BCUT2D eigenvalue weighted by molar-refractivity contribution is 0.0389. The summed E-state index contributed by atoms with van der Waals surface area (Å²) in [4.78, 5) is 9.09. The lowest BCUT2D eigenvalue weighted by Gasteiger charge is -2.27. The Morgan fingerprint density at radius 3 is 2.64 bits per heavy atom. The predicted octanol–water partition coefficient (Wildman–Crippen LogP) is 1.00. The van der Waals surface area contributed by atoms with E-state index in [-0.39, 0.29) is 0 Å². The maximum Gasteiger partial charge on any atom is 0.191 e. The molecule has 2 rings (SSSR count). The molecule has 2 N–H and O–H groups in total. The van der Waals surface area contributed by atoms with E-state index in [4.69, 9.17) is 4.74 Å². The van der Waals surface area contributed by atoms with Crippen molar-refractivity contribution in [2.45, 2.75) is 19.5 Å². The minimum atomic E-state index is 0.415. The second kappa shape index (κ2) is 11.1. The first-order chi connectivity index (χ1) is 12.2. The zero-order chi connectivity index (χ0) is 17.9. The first-order valence-electron chi connectivity index (χ1n) is 9.18. The van der Waals surface area contributed by atoms with Crippen molar-refractivity contribution in [1.29, 1.82) is 0 Å². The van der Waals surface area contributed by atoms with Crippen LogP contribution >= 0.6 is 0 Å².